The zero-order chi connectivity index (χ0) is 12.1. The maximum absolute atomic E-state index is 12.2. The summed E-state index contributed by atoms with van der Waals surface area (Å²) in [7, 11) is 1.99. The highest BCUT2D eigenvalue weighted by atomic mass is 35.5. The van der Waals surface area contributed by atoms with Crippen LogP contribution in [-0.2, 0) is 4.79 Å². The number of likely N-dealkylation sites (N-methyl/N-ethyl adjacent to an activating group) is 1. The molecule has 0 unspecified atom stereocenters. The molecule has 1 aliphatic heterocycles. The lowest BCUT2D eigenvalue weighted by molar-refractivity contribution is -0.133. The van der Waals surface area contributed by atoms with Gasteiger partial charge >= 0.3 is 0 Å². The molecule has 0 spiro atoms. The zero-order valence-corrected chi connectivity index (χ0v) is 12.3. The largest absolute Gasteiger partial charge is 0.341 e. The molecule has 1 amide bonds. The van der Waals surface area contributed by atoms with Crippen molar-refractivity contribution in [3.05, 3.63) is 0 Å². The fourth-order valence-electron chi connectivity index (χ4n) is 3.15. The Morgan fingerprint density at radius 3 is 2.50 bits per heavy atom. The predicted molar refractivity (Wildman–Crippen MR) is 77.1 cm³/mol. The van der Waals surface area contributed by atoms with E-state index in [2.05, 4.69) is 5.32 Å². The lowest BCUT2D eigenvalue weighted by Crippen LogP contribution is -2.47. The average molecular weight is 275 g/mol. The average Bonchev–Trinajstić information content (AvgIpc) is 2.40. The third-order valence-corrected chi connectivity index (χ3v) is 4.40. The van der Waals surface area contributed by atoms with E-state index in [1.165, 1.54) is 44.9 Å². The van der Waals surface area contributed by atoms with Crippen molar-refractivity contribution in [1.82, 2.24) is 10.2 Å². The molecule has 1 atom stereocenters. The fraction of sp³-hybridized carbons (Fsp3) is 0.929. The Labute approximate surface area is 117 Å². The minimum Gasteiger partial charge on any atom is -0.341 e. The number of carbonyl (C=O) groups excluding carboxylic acids is 1. The van der Waals surface area contributed by atoms with Gasteiger partial charge in [0.15, 0.2) is 0 Å². The number of hydrogen-bond donors (Lipinski definition) is 1. The summed E-state index contributed by atoms with van der Waals surface area (Å²) in [5.74, 6) is 1.03. The molecule has 2 rings (SSSR count). The fourth-order valence-corrected chi connectivity index (χ4v) is 3.15. The van der Waals surface area contributed by atoms with Gasteiger partial charge in [0.05, 0.1) is 0 Å². The Balaban J connectivity index is 0.00000162. The summed E-state index contributed by atoms with van der Waals surface area (Å²) in [5, 5.41) is 3.38. The Hall–Kier alpha value is -0.280. The second-order valence-electron chi connectivity index (χ2n) is 5.71. The van der Waals surface area contributed by atoms with Crippen LogP contribution in [0.15, 0.2) is 0 Å². The molecule has 2 aliphatic rings. The summed E-state index contributed by atoms with van der Waals surface area (Å²) in [5.41, 5.74) is 0. The topological polar surface area (TPSA) is 32.3 Å². The summed E-state index contributed by atoms with van der Waals surface area (Å²) in [4.78, 5) is 14.2. The Morgan fingerprint density at radius 1 is 1.17 bits per heavy atom. The molecule has 106 valence electrons. The molecular formula is C14H27ClN2O. The molecule has 0 aromatic heterocycles. The summed E-state index contributed by atoms with van der Waals surface area (Å²) in [6.45, 7) is 2.09. The van der Waals surface area contributed by atoms with Crippen molar-refractivity contribution in [2.24, 2.45) is 5.92 Å². The number of carbonyl (C=O) groups is 1. The Kier molecular flexibility index (Phi) is 7.02. The van der Waals surface area contributed by atoms with Crippen LogP contribution >= 0.6 is 12.4 Å². The molecule has 0 aromatic rings. The Bertz CT molecular complexity index is 248. The molecule has 1 heterocycles. The van der Waals surface area contributed by atoms with Gasteiger partial charge in [-0.2, -0.15) is 0 Å². The molecule has 1 saturated carbocycles. The molecule has 1 saturated heterocycles. The van der Waals surface area contributed by atoms with Crippen molar-refractivity contribution in [3.63, 3.8) is 0 Å². The molecule has 2 fully saturated rings. The third-order valence-electron chi connectivity index (χ3n) is 4.40. The number of nitrogens with zero attached hydrogens (tertiary/aromatic N) is 1. The first-order valence-corrected chi connectivity index (χ1v) is 7.24. The standard InChI is InChI=1S/C14H26N2O.ClH/c1-16(13-8-5-9-15-11-13)14(17)10-12-6-3-2-4-7-12;/h12-13,15H,2-11H2,1H3;1H/t13-;/m0./s1. The first kappa shape index (κ1) is 15.8. The molecule has 0 aromatic carbocycles. The van der Waals surface area contributed by atoms with Gasteiger partial charge in [0, 0.05) is 26.1 Å². The molecule has 1 N–H and O–H groups in total. The van der Waals surface area contributed by atoms with E-state index in [-0.39, 0.29) is 12.4 Å². The van der Waals surface area contributed by atoms with Crippen molar-refractivity contribution in [2.75, 3.05) is 20.1 Å². The molecule has 1 aliphatic carbocycles. The van der Waals surface area contributed by atoms with Gasteiger partial charge in [0.2, 0.25) is 5.91 Å². The van der Waals surface area contributed by atoms with Crippen LogP contribution in [0.25, 0.3) is 0 Å². The smallest absolute Gasteiger partial charge is 0.222 e. The number of rotatable bonds is 3. The lowest BCUT2D eigenvalue weighted by Gasteiger charge is -2.33. The van der Waals surface area contributed by atoms with Crippen LogP contribution in [0, 0.1) is 5.92 Å². The third kappa shape index (κ3) is 4.43. The summed E-state index contributed by atoms with van der Waals surface area (Å²) in [6.07, 6.45) is 9.70. The van der Waals surface area contributed by atoms with E-state index in [1.54, 1.807) is 0 Å². The Morgan fingerprint density at radius 2 is 1.89 bits per heavy atom. The van der Waals surface area contributed by atoms with Crippen molar-refractivity contribution in [2.45, 2.75) is 57.4 Å². The van der Waals surface area contributed by atoms with Crippen molar-refractivity contribution in [3.8, 4) is 0 Å². The van der Waals surface area contributed by atoms with Crippen LogP contribution < -0.4 is 5.32 Å². The number of piperidine rings is 1. The minimum absolute atomic E-state index is 0. The van der Waals surface area contributed by atoms with Crippen LogP contribution in [0.5, 0.6) is 0 Å². The quantitative estimate of drug-likeness (QED) is 0.858. The van der Waals surface area contributed by atoms with Crippen LogP contribution in [0.2, 0.25) is 0 Å². The highest BCUT2D eigenvalue weighted by molar-refractivity contribution is 5.85. The van der Waals surface area contributed by atoms with Crippen LogP contribution in [0.3, 0.4) is 0 Å². The first-order chi connectivity index (χ1) is 8.27. The van der Waals surface area contributed by atoms with E-state index in [0.717, 1.165) is 19.5 Å². The normalized spacial score (nSPS) is 25.3. The maximum atomic E-state index is 12.2. The van der Waals surface area contributed by atoms with Gasteiger partial charge in [-0.3, -0.25) is 4.79 Å². The van der Waals surface area contributed by atoms with Gasteiger partial charge in [0.25, 0.3) is 0 Å². The summed E-state index contributed by atoms with van der Waals surface area (Å²) < 4.78 is 0. The summed E-state index contributed by atoms with van der Waals surface area (Å²) >= 11 is 0. The van der Waals surface area contributed by atoms with Gasteiger partial charge < -0.3 is 10.2 Å². The van der Waals surface area contributed by atoms with E-state index in [9.17, 15) is 4.79 Å². The second kappa shape index (κ2) is 8.00. The first-order valence-electron chi connectivity index (χ1n) is 7.24. The van der Waals surface area contributed by atoms with E-state index in [1.807, 2.05) is 11.9 Å². The number of halogens is 1. The van der Waals surface area contributed by atoms with Crippen LogP contribution in [-0.4, -0.2) is 37.0 Å². The minimum atomic E-state index is 0. The van der Waals surface area contributed by atoms with Crippen LogP contribution in [0.4, 0.5) is 0 Å². The van der Waals surface area contributed by atoms with E-state index < -0.39 is 0 Å². The molecule has 0 radical (unpaired) electrons. The van der Waals surface area contributed by atoms with E-state index in [4.69, 9.17) is 0 Å². The SMILES string of the molecule is CN(C(=O)CC1CCCCC1)[C@H]1CCCNC1.Cl. The highest BCUT2D eigenvalue weighted by Crippen LogP contribution is 2.27. The van der Waals surface area contributed by atoms with Crippen molar-refractivity contribution < 1.29 is 4.79 Å². The van der Waals surface area contributed by atoms with Gasteiger partial charge in [-0.05, 0) is 38.1 Å². The molecule has 3 nitrogen and oxygen atoms in total. The van der Waals surface area contributed by atoms with Gasteiger partial charge in [-0.15, -0.1) is 12.4 Å². The molecular weight excluding hydrogens is 248 g/mol. The van der Waals surface area contributed by atoms with Gasteiger partial charge in [-0.25, -0.2) is 0 Å². The number of nitrogens with one attached hydrogen (secondary N) is 1. The lowest BCUT2D eigenvalue weighted by atomic mass is 9.86. The van der Waals surface area contributed by atoms with E-state index >= 15 is 0 Å². The van der Waals surface area contributed by atoms with E-state index in [0.29, 0.717) is 17.9 Å². The maximum Gasteiger partial charge on any atom is 0.222 e. The highest BCUT2D eigenvalue weighted by Gasteiger charge is 2.24. The number of hydrogen-bond acceptors (Lipinski definition) is 2. The predicted octanol–water partition coefficient (Wildman–Crippen LogP) is 2.59. The molecule has 0 bridgehead atoms. The van der Waals surface area contributed by atoms with Crippen molar-refractivity contribution >= 4 is 18.3 Å². The molecule has 18 heavy (non-hydrogen) atoms. The molecule has 4 heteroatoms. The van der Waals surface area contributed by atoms with Gasteiger partial charge in [0.1, 0.15) is 0 Å². The number of amides is 1. The van der Waals surface area contributed by atoms with Gasteiger partial charge in [-0.1, -0.05) is 19.3 Å². The summed E-state index contributed by atoms with van der Waals surface area (Å²) in [6, 6.07) is 0.430. The van der Waals surface area contributed by atoms with Crippen molar-refractivity contribution in [1.29, 1.82) is 0 Å². The zero-order valence-electron chi connectivity index (χ0n) is 11.5. The second-order valence-corrected chi connectivity index (χ2v) is 5.71. The monoisotopic (exact) mass is 274 g/mol. The van der Waals surface area contributed by atoms with Crippen LogP contribution in [0.1, 0.15) is 51.4 Å².